The van der Waals surface area contributed by atoms with Crippen molar-refractivity contribution < 1.29 is 14.6 Å². The van der Waals surface area contributed by atoms with Crippen LogP contribution in [0.5, 0.6) is 5.75 Å². The van der Waals surface area contributed by atoms with E-state index >= 15 is 0 Å². The largest absolute Gasteiger partial charge is 0.550 e. The zero-order chi connectivity index (χ0) is 19.4. The van der Waals surface area contributed by atoms with Crippen molar-refractivity contribution in [1.82, 2.24) is 4.57 Å². The molecule has 0 atom stereocenters. The van der Waals surface area contributed by atoms with Gasteiger partial charge in [0.15, 0.2) is 0 Å². The first-order valence-electron chi connectivity index (χ1n) is 8.82. The monoisotopic (exact) mass is 363 g/mol. The van der Waals surface area contributed by atoms with Gasteiger partial charge in [-0.3, -0.25) is 0 Å². The van der Waals surface area contributed by atoms with E-state index in [1.54, 1.807) is 7.11 Å². The van der Waals surface area contributed by atoms with E-state index < -0.39 is 5.97 Å². The Bertz CT molecular complexity index is 910. The summed E-state index contributed by atoms with van der Waals surface area (Å²) in [5.74, 6) is -0.249. The van der Waals surface area contributed by atoms with Gasteiger partial charge < -0.3 is 24.1 Å². The second-order valence-electron chi connectivity index (χ2n) is 6.56. The summed E-state index contributed by atoms with van der Waals surface area (Å²) in [4.78, 5) is 13.0. The minimum absolute atomic E-state index is 0.0121. The first-order chi connectivity index (χ1) is 13.0. The average molecular weight is 363 g/mol. The van der Waals surface area contributed by atoms with Gasteiger partial charge in [-0.05, 0) is 79.1 Å². The maximum absolute atomic E-state index is 10.9. The highest BCUT2D eigenvalue weighted by Crippen LogP contribution is 2.29. The number of anilines is 1. The number of ether oxygens (including phenoxy) is 1. The highest BCUT2D eigenvalue weighted by Gasteiger charge is 2.12. The van der Waals surface area contributed by atoms with Gasteiger partial charge in [-0.15, -0.1) is 0 Å². The van der Waals surface area contributed by atoms with Crippen LogP contribution in [0.4, 0.5) is 5.69 Å². The molecule has 0 saturated heterocycles. The number of rotatable bonds is 7. The van der Waals surface area contributed by atoms with Crippen molar-refractivity contribution in [2.75, 3.05) is 26.1 Å². The molecule has 3 rings (SSSR count). The maximum atomic E-state index is 10.9. The Hall–Kier alpha value is -3.21. The van der Waals surface area contributed by atoms with Gasteiger partial charge in [0, 0.05) is 37.1 Å². The van der Waals surface area contributed by atoms with Crippen LogP contribution >= 0.6 is 0 Å². The Kier molecular flexibility index (Phi) is 5.50. The number of carboxylic acids is 1. The molecule has 0 fully saturated rings. The lowest BCUT2D eigenvalue weighted by Crippen LogP contribution is -2.22. The molecule has 2 aromatic carbocycles. The molecule has 0 saturated carbocycles. The Morgan fingerprint density at radius 2 is 1.67 bits per heavy atom. The van der Waals surface area contributed by atoms with Gasteiger partial charge >= 0.3 is 0 Å². The lowest BCUT2D eigenvalue weighted by molar-refractivity contribution is -0.305. The maximum Gasteiger partial charge on any atom is 0.118 e. The molecule has 0 N–H and O–H groups in total. The van der Waals surface area contributed by atoms with E-state index in [0.717, 1.165) is 34.1 Å². The zero-order valence-electron chi connectivity index (χ0n) is 15.8. The zero-order valence-corrected chi connectivity index (χ0v) is 15.8. The van der Waals surface area contributed by atoms with Gasteiger partial charge in [0.2, 0.25) is 0 Å². The molecule has 0 radical (unpaired) electrons. The topological polar surface area (TPSA) is 57.5 Å². The molecule has 0 unspecified atom stereocenters. The lowest BCUT2D eigenvalue weighted by atomic mass is 10.1. The van der Waals surface area contributed by atoms with Crippen LogP contribution in [0.2, 0.25) is 0 Å². The molecule has 3 aromatic rings. The van der Waals surface area contributed by atoms with Crippen LogP contribution in [-0.2, 0) is 11.2 Å². The Balaban J connectivity index is 2.06. The summed E-state index contributed by atoms with van der Waals surface area (Å²) >= 11 is 0. The number of carbonyl (C=O) groups is 1. The standard InChI is InChI=1S/C22H24N2O3/c1-23(2)17-6-8-18(9-7-17)24-19(11-15-22(25)26)10-14-21(24)16-4-12-20(27-3)13-5-16/h4-10,12-14H,11,15H2,1-3H3,(H,25,26)/p-1. The van der Waals surface area contributed by atoms with E-state index in [1.807, 2.05) is 67.5 Å². The number of carbonyl (C=O) groups excluding carboxylic acids is 1. The highest BCUT2D eigenvalue weighted by atomic mass is 16.5. The molecule has 5 heteroatoms. The number of hydrogen-bond donors (Lipinski definition) is 0. The minimum Gasteiger partial charge on any atom is -0.550 e. The fourth-order valence-corrected chi connectivity index (χ4v) is 3.10. The van der Waals surface area contributed by atoms with E-state index in [2.05, 4.69) is 16.7 Å². The predicted molar refractivity (Wildman–Crippen MR) is 105 cm³/mol. The van der Waals surface area contributed by atoms with Crippen molar-refractivity contribution >= 4 is 11.7 Å². The second kappa shape index (κ2) is 7.99. The third kappa shape index (κ3) is 4.14. The van der Waals surface area contributed by atoms with Crippen molar-refractivity contribution in [3.05, 3.63) is 66.4 Å². The van der Waals surface area contributed by atoms with Gasteiger partial charge in [-0.2, -0.15) is 0 Å². The number of aryl methyl sites for hydroxylation is 1. The molecular formula is C22H23N2O3-. The molecule has 140 valence electrons. The third-order valence-electron chi connectivity index (χ3n) is 4.56. The fourth-order valence-electron chi connectivity index (χ4n) is 3.10. The first kappa shape index (κ1) is 18.6. The number of aromatic nitrogens is 1. The quantitative estimate of drug-likeness (QED) is 0.648. The van der Waals surface area contributed by atoms with Crippen LogP contribution in [0.15, 0.2) is 60.7 Å². The Morgan fingerprint density at radius 1 is 1.00 bits per heavy atom. The smallest absolute Gasteiger partial charge is 0.118 e. The van der Waals surface area contributed by atoms with E-state index in [9.17, 15) is 9.90 Å². The van der Waals surface area contributed by atoms with Gasteiger partial charge in [-0.25, -0.2) is 0 Å². The molecule has 0 spiro atoms. The van der Waals surface area contributed by atoms with E-state index in [4.69, 9.17) is 4.74 Å². The van der Waals surface area contributed by atoms with Crippen LogP contribution in [0.1, 0.15) is 12.1 Å². The molecule has 0 bridgehead atoms. The molecule has 0 aliphatic rings. The number of methoxy groups -OCH3 is 1. The Morgan fingerprint density at radius 3 is 2.22 bits per heavy atom. The lowest BCUT2D eigenvalue weighted by Gasteiger charge is -2.17. The number of carboxylic acid groups (broad SMARTS) is 1. The predicted octanol–water partition coefficient (Wildman–Crippen LogP) is 2.90. The van der Waals surface area contributed by atoms with E-state index in [1.165, 1.54) is 0 Å². The summed E-state index contributed by atoms with van der Waals surface area (Å²) in [6.07, 6.45) is 0.399. The van der Waals surface area contributed by atoms with E-state index in [0.29, 0.717) is 6.42 Å². The normalized spacial score (nSPS) is 10.6. The summed E-state index contributed by atoms with van der Waals surface area (Å²) in [7, 11) is 5.64. The molecule has 0 amide bonds. The van der Waals surface area contributed by atoms with Crippen LogP contribution in [0.3, 0.4) is 0 Å². The van der Waals surface area contributed by atoms with Crippen LogP contribution < -0.4 is 14.7 Å². The summed E-state index contributed by atoms with van der Waals surface area (Å²) in [6, 6.07) is 20.0. The van der Waals surface area contributed by atoms with E-state index in [-0.39, 0.29) is 6.42 Å². The van der Waals surface area contributed by atoms with Crippen molar-refractivity contribution in [3.8, 4) is 22.7 Å². The number of benzene rings is 2. The van der Waals surface area contributed by atoms with Gasteiger partial charge in [0.05, 0.1) is 12.8 Å². The molecule has 0 aliphatic carbocycles. The first-order valence-corrected chi connectivity index (χ1v) is 8.82. The molecule has 27 heavy (non-hydrogen) atoms. The Labute approximate surface area is 159 Å². The summed E-state index contributed by atoms with van der Waals surface area (Å²) in [5.41, 5.74) is 5.07. The van der Waals surface area contributed by atoms with Crippen molar-refractivity contribution in [3.63, 3.8) is 0 Å². The summed E-state index contributed by atoms with van der Waals surface area (Å²) in [5, 5.41) is 10.9. The van der Waals surface area contributed by atoms with Gasteiger partial charge in [-0.1, -0.05) is 0 Å². The van der Waals surface area contributed by atoms with Crippen molar-refractivity contribution in [2.45, 2.75) is 12.8 Å². The molecule has 1 heterocycles. The summed E-state index contributed by atoms with van der Waals surface area (Å²) in [6.45, 7) is 0. The van der Waals surface area contributed by atoms with Crippen LogP contribution in [-0.4, -0.2) is 31.7 Å². The average Bonchev–Trinajstić information content (AvgIpc) is 3.10. The molecule has 1 aromatic heterocycles. The van der Waals surface area contributed by atoms with Crippen molar-refractivity contribution in [1.29, 1.82) is 0 Å². The summed E-state index contributed by atoms with van der Waals surface area (Å²) < 4.78 is 7.34. The number of nitrogens with zero attached hydrogens (tertiary/aromatic N) is 2. The van der Waals surface area contributed by atoms with Crippen LogP contribution in [0.25, 0.3) is 16.9 Å². The van der Waals surface area contributed by atoms with Crippen molar-refractivity contribution in [2.24, 2.45) is 0 Å². The minimum atomic E-state index is -1.04. The molecular weight excluding hydrogens is 340 g/mol. The van der Waals surface area contributed by atoms with Gasteiger partial charge in [0.25, 0.3) is 0 Å². The van der Waals surface area contributed by atoms with Gasteiger partial charge in [0.1, 0.15) is 5.75 Å². The number of aliphatic carboxylic acids is 1. The highest BCUT2D eigenvalue weighted by molar-refractivity contribution is 5.67. The second-order valence-corrected chi connectivity index (χ2v) is 6.56. The van der Waals surface area contributed by atoms with Crippen LogP contribution in [0, 0.1) is 0 Å². The third-order valence-corrected chi connectivity index (χ3v) is 4.56. The molecule has 5 nitrogen and oxygen atoms in total. The fraction of sp³-hybridized carbons (Fsp3) is 0.227. The SMILES string of the molecule is COc1ccc(-c2ccc(CCC(=O)[O-])n2-c2ccc(N(C)C)cc2)cc1. The number of hydrogen-bond acceptors (Lipinski definition) is 4. The molecule has 0 aliphatic heterocycles.